The molecule has 1 aliphatic carbocycles. The molecule has 1 aliphatic rings. The Kier molecular flexibility index (Phi) is 2.46. The molecule has 0 amide bonds. The molecule has 2 nitrogen and oxygen atoms in total. The van der Waals surface area contributed by atoms with Crippen molar-refractivity contribution in [2.24, 2.45) is 11.7 Å². The molecule has 0 fully saturated rings. The van der Waals surface area contributed by atoms with Gasteiger partial charge in [0.15, 0.2) is 0 Å². The van der Waals surface area contributed by atoms with Gasteiger partial charge in [-0.15, -0.1) is 0 Å². The Morgan fingerprint density at radius 3 is 2.93 bits per heavy atom. The van der Waals surface area contributed by atoms with Gasteiger partial charge in [-0.2, -0.15) is 0 Å². The first-order chi connectivity index (χ1) is 6.72. The standard InChI is InChI=1S/C12H17NO/c1-8-3-4-9-5-6-10(14-2)7-11(9)12(8)13/h5-8,12H,3-4,13H2,1-2H3. The predicted molar refractivity (Wildman–Crippen MR) is 57.4 cm³/mol. The van der Waals surface area contributed by atoms with Crippen LogP contribution in [0.5, 0.6) is 5.75 Å². The Morgan fingerprint density at radius 1 is 1.43 bits per heavy atom. The highest BCUT2D eigenvalue weighted by Crippen LogP contribution is 2.34. The third-order valence-corrected chi connectivity index (χ3v) is 3.19. The van der Waals surface area contributed by atoms with E-state index in [2.05, 4.69) is 19.1 Å². The summed E-state index contributed by atoms with van der Waals surface area (Å²) in [6, 6.07) is 6.41. The van der Waals surface area contributed by atoms with Crippen LogP contribution >= 0.6 is 0 Å². The van der Waals surface area contributed by atoms with Crippen molar-refractivity contribution in [3.63, 3.8) is 0 Å². The number of fused-ring (bicyclic) bond motifs is 1. The molecule has 0 spiro atoms. The maximum atomic E-state index is 6.16. The second kappa shape index (κ2) is 3.62. The van der Waals surface area contributed by atoms with Gasteiger partial charge >= 0.3 is 0 Å². The lowest BCUT2D eigenvalue weighted by Crippen LogP contribution is -2.25. The van der Waals surface area contributed by atoms with Crippen LogP contribution in [-0.4, -0.2) is 7.11 Å². The molecule has 0 aliphatic heterocycles. The number of hydrogen-bond donors (Lipinski definition) is 1. The Labute approximate surface area is 85.1 Å². The second-order valence-electron chi connectivity index (χ2n) is 4.11. The number of rotatable bonds is 1. The van der Waals surface area contributed by atoms with E-state index in [0.717, 1.165) is 12.2 Å². The summed E-state index contributed by atoms with van der Waals surface area (Å²) in [7, 11) is 1.69. The zero-order valence-electron chi connectivity index (χ0n) is 8.79. The summed E-state index contributed by atoms with van der Waals surface area (Å²) in [5, 5.41) is 0. The maximum Gasteiger partial charge on any atom is 0.119 e. The van der Waals surface area contributed by atoms with Gasteiger partial charge in [0.1, 0.15) is 5.75 Å². The van der Waals surface area contributed by atoms with Crippen LogP contribution in [0, 0.1) is 5.92 Å². The molecule has 2 N–H and O–H groups in total. The Balaban J connectivity index is 2.41. The van der Waals surface area contributed by atoms with Gasteiger partial charge in [-0.1, -0.05) is 13.0 Å². The van der Waals surface area contributed by atoms with Crippen molar-refractivity contribution in [3.05, 3.63) is 29.3 Å². The average Bonchev–Trinajstić information content (AvgIpc) is 2.23. The highest BCUT2D eigenvalue weighted by Gasteiger charge is 2.23. The van der Waals surface area contributed by atoms with Crippen molar-refractivity contribution in [1.29, 1.82) is 0 Å². The summed E-state index contributed by atoms with van der Waals surface area (Å²) in [6.45, 7) is 2.22. The summed E-state index contributed by atoms with van der Waals surface area (Å²) >= 11 is 0. The molecule has 0 saturated carbocycles. The van der Waals surface area contributed by atoms with E-state index in [1.165, 1.54) is 17.5 Å². The molecular weight excluding hydrogens is 174 g/mol. The number of benzene rings is 1. The van der Waals surface area contributed by atoms with Crippen LogP contribution < -0.4 is 10.5 Å². The molecule has 0 heterocycles. The lowest BCUT2D eigenvalue weighted by molar-refractivity contribution is 0.396. The van der Waals surface area contributed by atoms with Crippen molar-refractivity contribution in [1.82, 2.24) is 0 Å². The van der Waals surface area contributed by atoms with Gasteiger partial charge in [0.2, 0.25) is 0 Å². The van der Waals surface area contributed by atoms with Crippen molar-refractivity contribution in [2.45, 2.75) is 25.8 Å². The van der Waals surface area contributed by atoms with Crippen molar-refractivity contribution in [3.8, 4) is 5.75 Å². The van der Waals surface area contributed by atoms with E-state index in [1.807, 2.05) is 6.07 Å². The zero-order chi connectivity index (χ0) is 10.1. The fourth-order valence-corrected chi connectivity index (χ4v) is 2.11. The lowest BCUT2D eigenvalue weighted by Gasteiger charge is -2.28. The van der Waals surface area contributed by atoms with Crippen molar-refractivity contribution >= 4 is 0 Å². The van der Waals surface area contributed by atoms with Crippen LogP contribution in [-0.2, 0) is 6.42 Å². The average molecular weight is 191 g/mol. The summed E-state index contributed by atoms with van der Waals surface area (Å²) < 4.78 is 5.21. The van der Waals surface area contributed by atoms with Gasteiger partial charge in [0, 0.05) is 6.04 Å². The number of aryl methyl sites for hydroxylation is 1. The Bertz CT molecular complexity index is 335. The topological polar surface area (TPSA) is 35.2 Å². The largest absolute Gasteiger partial charge is 0.497 e. The Morgan fingerprint density at radius 2 is 2.21 bits per heavy atom. The van der Waals surface area contributed by atoms with Crippen LogP contribution in [0.2, 0.25) is 0 Å². The van der Waals surface area contributed by atoms with Gasteiger partial charge in [0.05, 0.1) is 7.11 Å². The van der Waals surface area contributed by atoms with Crippen LogP contribution in [0.25, 0.3) is 0 Å². The quantitative estimate of drug-likeness (QED) is 0.739. The molecular formula is C12H17NO. The molecule has 0 bridgehead atoms. The predicted octanol–water partition coefficient (Wildman–Crippen LogP) is 2.28. The first-order valence-electron chi connectivity index (χ1n) is 5.14. The van der Waals surface area contributed by atoms with E-state index < -0.39 is 0 Å². The zero-order valence-corrected chi connectivity index (χ0v) is 8.79. The number of methoxy groups -OCH3 is 1. The van der Waals surface area contributed by atoms with E-state index in [1.54, 1.807) is 7.11 Å². The molecule has 1 aromatic carbocycles. The molecule has 1 aromatic rings. The van der Waals surface area contributed by atoms with Gasteiger partial charge < -0.3 is 10.5 Å². The highest BCUT2D eigenvalue weighted by atomic mass is 16.5. The fraction of sp³-hybridized carbons (Fsp3) is 0.500. The lowest BCUT2D eigenvalue weighted by atomic mass is 9.81. The smallest absolute Gasteiger partial charge is 0.119 e. The van der Waals surface area contributed by atoms with Gasteiger partial charge in [0.25, 0.3) is 0 Å². The molecule has 14 heavy (non-hydrogen) atoms. The maximum absolute atomic E-state index is 6.16. The first kappa shape index (κ1) is 9.53. The molecule has 2 rings (SSSR count). The number of ether oxygens (including phenoxy) is 1. The van der Waals surface area contributed by atoms with E-state index >= 15 is 0 Å². The van der Waals surface area contributed by atoms with Crippen LogP contribution in [0.3, 0.4) is 0 Å². The summed E-state index contributed by atoms with van der Waals surface area (Å²) in [6.07, 6.45) is 2.34. The molecule has 0 saturated heterocycles. The minimum Gasteiger partial charge on any atom is -0.497 e. The molecule has 2 atom stereocenters. The summed E-state index contributed by atoms with van der Waals surface area (Å²) in [4.78, 5) is 0. The molecule has 0 radical (unpaired) electrons. The van der Waals surface area contributed by atoms with Crippen LogP contribution in [0.1, 0.15) is 30.5 Å². The van der Waals surface area contributed by atoms with Gasteiger partial charge in [-0.3, -0.25) is 0 Å². The normalized spacial score (nSPS) is 25.6. The molecule has 2 unspecified atom stereocenters. The van der Waals surface area contributed by atoms with E-state index in [4.69, 9.17) is 10.5 Å². The minimum absolute atomic E-state index is 0.175. The summed E-state index contributed by atoms with van der Waals surface area (Å²) in [5.41, 5.74) is 8.81. The minimum atomic E-state index is 0.175. The second-order valence-corrected chi connectivity index (χ2v) is 4.11. The van der Waals surface area contributed by atoms with Gasteiger partial charge in [-0.25, -0.2) is 0 Å². The molecule has 2 heteroatoms. The van der Waals surface area contributed by atoms with Crippen molar-refractivity contribution < 1.29 is 4.74 Å². The fourth-order valence-electron chi connectivity index (χ4n) is 2.11. The summed E-state index contributed by atoms with van der Waals surface area (Å²) in [5.74, 6) is 1.49. The molecule has 76 valence electrons. The first-order valence-corrected chi connectivity index (χ1v) is 5.14. The van der Waals surface area contributed by atoms with E-state index in [0.29, 0.717) is 5.92 Å². The van der Waals surface area contributed by atoms with E-state index in [9.17, 15) is 0 Å². The SMILES string of the molecule is COc1ccc2c(c1)C(N)C(C)CC2. The third-order valence-electron chi connectivity index (χ3n) is 3.19. The van der Waals surface area contributed by atoms with Crippen LogP contribution in [0.4, 0.5) is 0 Å². The Hall–Kier alpha value is -1.02. The number of nitrogens with two attached hydrogens (primary N) is 1. The third kappa shape index (κ3) is 1.50. The molecule has 0 aromatic heterocycles. The number of hydrogen-bond acceptors (Lipinski definition) is 2. The van der Waals surface area contributed by atoms with E-state index in [-0.39, 0.29) is 6.04 Å². The highest BCUT2D eigenvalue weighted by molar-refractivity contribution is 5.39. The van der Waals surface area contributed by atoms with Crippen LogP contribution in [0.15, 0.2) is 18.2 Å². The van der Waals surface area contributed by atoms with Crippen molar-refractivity contribution in [2.75, 3.05) is 7.11 Å². The monoisotopic (exact) mass is 191 g/mol. The van der Waals surface area contributed by atoms with Gasteiger partial charge in [-0.05, 0) is 42.0 Å².